The van der Waals surface area contributed by atoms with Crippen molar-refractivity contribution in [2.45, 2.75) is 19.4 Å². The number of carbonyl (C=O) groups excluding carboxylic acids is 2. The molecule has 1 saturated heterocycles. The molecule has 0 saturated carbocycles. The molecule has 2 N–H and O–H groups in total. The van der Waals surface area contributed by atoms with Crippen molar-refractivity contribution in [3.8, 4) is 0 Å². The van der Waals surface area contributed by atoms with E-state index in [4.69, 9.17) is 10.5 Å². The van der Waals surface area contributed by atoms with E-state index in [9.17, 15) is 9.59 Å². The SMILES string of the molecule is NC(=O)c1ccc(COC(=O)[C@@H]2CCCN(c3ncccn3)C2)cc1. The molecule has 1 aromatic heterocycles. The quantitative estimate of drug-likeness (QED) is 0.829. The first kappa shape index (κ1) is 16.9. The average Bonchev–Trinajstić information content (AvgIpc) is 2.67. The number of carbonyl (C=O) groups is 2. The summed E-state index contributed by atoms with van der Waals surface area (Å²) in [6.07, 6.45) is 5.08. The Morgan fingerprint density at radius 2 is 1.92 bits per heavy atom. The second-order valence-corrected chi connectivity index (χ2v) is 6.00. The number of benzene rings is 1. The van der Waals surface area contributed by atoms with Crippen molar-refractivity contribution in [1.29, 1.82) is 0 Å². The van der Waals surface area contributed by atoms with E-state index in [0.717, 1.165) is 24.9 Å². The third-order valence-electron chi connectivity index (χ3n) is 4.21. The fourth-order valence-corrected chi connectivity index (χ4v) is 2.84. The highest BCUT2D eigenvalue weighted by atomic mass is 16.5. The zero-order chi connectivity index (χ0) is 17.6. The van der Waals surface area contributed by atoms with E-state index in [1.54, 1.807) is 42.7 Å². The molecule has 3 rings (SSSR count). The molecule has 1 aromatic carbocycles. The van der Waals surface area contributed by atoms with Crippen LogP contribution in [-0.4, -0.2) is 34.9 Å². The van der Waals surface area contributed by atoms with Crippen LogP contribution in [0.2, 0.25) is 0 Å². The number of hydrogen-bond donors (Lipinski definition) is 1. The lowest BCUT2D eigenvalue weighted by Gasteiger charge is -2.31. The van der Waals surface area contributed by atoms with E-state index in [1.807, 2.05) is 4.90 Å². The summed E-state index contributed by atoms with van der Waals surface area (Å²) in [6.45, 7) is 1.57. The van der Waals surface area contributed by atoms with Gasteiger partial charge in [0, 0.05) is 31.0 Å². The summed E-state index contributed by atoms with van der Waals surface area (Å²) >= 11 is 0. The number of piperidine rings is 1. The normalized spacial score (nSPS) is 17.1. The number of hydrogen-bond acceptors (Lipinski definition) is 6. The third-order valence-corrected chi connectivity index (χ3v) is 4.21. The Bertz CT molecular complexity index is 734. The lowest BCUT2D eigenvalue weighted by molar-refractivity contribution is -0.150. The predicted octanol–water partition coefficient (Wildman–Crippen LogP) is 1.54. The van der Waals surface area contributed by atoms with E-state index in [1.165, 1.54) is 0 Å². The van der Waals surface area contributed by atoms with Crippen molar-refractivity contribution in [2.75, 3.05) is 18.0 Å². The molecule has 2 aromatic rings. The number of rotatable bonds is 5. The number of aromatic nitrogens is 2. The maximum Gasteiger partial charge on any atom is 0.311 e. The van der Waals surface area contributed by atoms with Crippen LogP contribution in [-0.2, 0) is 16.1 Å². The van der Waals surface area contributed by atoms with Gasteiger partial charge < -0.3 is 15.4 Å². The van der Waals surface area contributed by atoms with Gasteiger partial charge in [0.25, 0.3) is 0 Å². The second kappa shape index (κ2) is 7.74. The number of amides is 1. The minimum absolute atomic E-state index is 0.177. The summed E-state index contributed by atoms with van der Waals surface area (Å²) in [4.78, 5) is 33.9. The molecule has 0 spiro atoms. The highest BCUT2D eigenvalue weighted by Crippen LogP contribution is 2.21. The largest absolute Gasteiger partial charge is 0.461 e. The van der Waals surface area contributed by atoms with E-state index < -0.39 is 5.91 Å². The second-order valence-electron chi connectivity index (χ2n) is 6.00. The molecule has 0 aliphatic carbocycles. The predicted molar refractivity (Wildman–Crippen MR) is 91.7 cm³/mol. The summed E-state index contributed by atoms with van der Waals surface area (Å²) in [5.74, 6) is -0.252. The topological polar surface area (TPSA) is 98.4 Å². The Balaban J connectivity index is 1.55. The molecule has 0 bridgehead atoms. The van der Waals surface area contributed by atoms with Crippen molar-refractivity contribution < 1.29 is 14.3 Å². The summed E-state index contributed by atoms with van der Waals surface area (Å²) in [6, 6.07) is 8.49. The summed E-state index contributed by atoms with van der Waals surface area (Å²) < 4.78 is 5.43. The highest BCUT2D eigenvalue weighted by molar-refractivity contribution is 5.92. The number of nitrogens with zero attached hydrogens (tertiary/aromatic N) is 3. The van der Waals surface area contributed by atoms with Crippen LogP contribution in [0, 0.1) is 5.92 Å². The molecule has 2 heterocycles. The Labute approximate surface area is 145 Å². The maximum absolute atomic E-state index is 12.4. The van der Waals surface area contributed by atoms with Gasteiger partial charge in [-0.3, -0.25) is 9.59 Å². The van der Waals surface area contributed by atoms with E-state index in [2.05, 4.69) is 9.97 Å². The van der Waals surface area contributed by atoms with Crippen LogP contribution in [0.25, 0.3) is 0 Å². The number of ether oxygens (including phenoxy) is 1. The van der Waals surface area contributed by atoms with Gasteiger partial charge in [0.05, 0.1) is 5.92 Å². The van der Waals surface area contributed by atoms with Crippen LogP contribution >= 0.6 is 0 Å². The molecule has 1 aliphatic heterocycles. The summed E-state index contributed by atoms with van der Waals surface area (Å²) in [5.41, 5.74) is 6.45. The van der Waals surface area contributed by atoms with Gasteiger partial charge in [-0.05, 0) is 36.6 Å². The molecule has 0 unspecified atom stereocenters. The summed E-state index contributed by atoms with van der Waals surface area (Å²) in [7, 11) is 0. The lowest BCUT2D eigenvalue weighted by Crippen LogP contribution is -2.40. The van der Waals surface area contributed by atoms with Gasteiger partial charge in [0.2, 0.25) is 11.9 Å². The summed E-state index contributed by atoms with van der Waals surface area (Å²) in [5, 5.41) is 0. The smallest absolute Gasteiger partial charge is 0.311 e. The minimum atomic E-state index is -0.478. The van der Waals surface area contributed by atoms with Crippen molar-refractivity contribution >= 4 is 17.8 Å². The number of esters is 1. The van der Waals surface area contributed by atoms with Crippen LogP contribution in [0.1, 0.15) is 28.8 Å². The Morgan fingerprint density at radius 1 is 1.20 bits per heavy atom. The Hall–Kier alpha value is -2.96. The lowest BCUT2D eigenvalue weighted by atomic mass is 9.98. The fraction of sp³-hybridized carbons (Fsp3) is 0.333. The minimum Gasteiger partial charge on any atom is -0.461 e. The average molecular weight is 340 g/mol. The Kier molecular flexibility index (Phi) is 5.23. The van der Waals surface area contributed by atoms with Gasteiger partial charge in [-0.2, -0.15) is 0 Å². The van der Waals surface area contributed by atoms with E-state index >= 15 is 0 Å². The van der Waals surface area contributed by atoms with Gasteiger partial charge >= 0.3 is 5.97 Å². The fourth-order valence-electron chi connectivity index (χ4n) is 2.84. The van der Waals surface area contributed by atoms with Crippen LogP contribution in [0.5, 0.6) is 0 Å². The van der Waals surface area contributed by atoms with Gasteiger partial charge in [0.15, 0.2) is 0 Å². The molecule has 0 radical (unpaired) electrons. The molecule has 1 aliphatic rings. The molecular weight excluding hydrogens is 320 g/mol. The number of anilines is 1. The van der Waals surface area contributed by atoms with Crippen LogP contribution in [0.4, 0.5) is 5.95 Å². The monoisotopic (exact) mass is 340 g/mol. The number of nitrogens with two attached hydrogens (primary N) is 1. The maximum atomic E-state index is 12.4. The van der Waals surface area contributed by atoms with Crippen molar-refractivity contribution in [2.24, 2.45) is 11.7 Å². The molecular formula is C18H20N4O3. The van der Waals surface area contributed by atoms with Gasteiger partial charge in [-0.25, -0.2) is 9.97 Å². The third kappa shape index (κ3) is 4.32. The van der Waals surface area contributed by atoms with Crippen molar-refractivity contribution in [3.63, 3.8) is 0 Å². The number of primary amides is 1. The molecule has 130 valence electrons. The molecule has 7 nitrogen and oxygen atoms in total. The van der Waals surface area contributed by atoms with Crippen LogP contribution in [0.3, 0.4) is 0 Å². The molecule has 25 heavy (non-hydrogen) atoms. The van der Waals surface area contributed by atoms with Gasteiger partial charge in [0.1, 0.15) is 6.61 Å². The molecule has 1 fully saturated rings. The highest BCUT2D eigenvalue weighted by Gasteiger charge is 2.28. The first-order valence-electron chi connectivity index (χ1n) is 8.21. The zero-order valence-electron chi connectivity index (χ0n) is 13.8. The molecule has 7 heteroatoms. The van der Waals surface area contributed by atoms with E-state index in [0.29, 0.717) is 18.1 Å². The Morgan fingerprint density at radius 3 is 2.60 bits per heavy atom. The molecule has 1 amide bonds. The van der Waals surface area contributed by atoms with E-state index in [-0.39, 0.29) is 18.5 Å². The molecule has 1 atom stereocenters. The van der Waals surface area contributed by atoms with Gasteiger partial charge in [-0.15, -0.1) is 0 Å². The first-order chi connectivity index (χ1) is 12.1. The standard InChI is InChI=1S/C18H20N4O3/c19-16(23)14-6-4-13(5-7-14)12-25-17(24)15-3-1-10-22(11-15)18-20-8-2-9-21-18/h2,4-9,15H,1,3,10-12H2,(H2,19,23)/t15-/m1/s1. The van der Waals surface area contributed by atoms with Crippen LogP contribution < -0.4 is 10.6 Å². The zero-order valence-corrected chi connectivity index (χ0v) is 13.8. The van der Waals surface area contributed by atoms with Crippen molar-refractivity contribution in [1.82, 2.24) is 9.97 Å². The van der Waals surface area contributed by atoms with Crippen LogP contribution in [0.15, 0.2) is 42.7 Å². The first-order valence-corrected chi connectivity index (χ1v) is 8.21. The van der Waals surface area contributed by atoms with Gasteiger partial charge in [-0.1, -0.05) is 12.1 Å². The van der Waals surface area contributed by atoms with Crippen molar-refractivity contribution in [3.05, 3.63) is 53.9 Å².